The van der Waals surface area contributed by atoms with Gasteiger partial charge in [0, 0.05) is 49.6 Å². The summed E-state index contributed by atoms with van der Waals surface area (Å²) in [5.41, 5.74) is 4.84. The molecule has 3 heterocycles. The Morgan fingerprint density at radius 3 is 2.36 bits per heavy atom. The first-order valence-corrected chi connectivity index (χ1v) is 18.4. The van der Waals surface area contributed by atoms with Gasteiger partial charge in [0.05, 0.1) is 25.3 Å². The van der Waals surface area contributed by atoms with Gasteiger partial charge >= 0.3 is 6.09 Å². The van der Waals surface area contributed by atoms with Crippen LogP contribution in [0.4, 0.5) is 10.6 Å². The van der Waals surface area contributed by atoms with Gasteiger partial charge in [-0.3, -0.25) is 14.4 Å². The molecule has 0 spiro atoms. The first-order valence-electron chi connectivity index (χ1n) is 18.4. The number of carbonyl (C=O) groups excluding carboxylic acids is 2. The van der Waals surface area contributed by atoms with Crippen molar-refractivity contribution >= 4 is 17.8 Å². The molecule has 0 radical (unpaired) electrons. The van der Waals surface area contributed by atoms with Crippen molar-refractivity contribution in [3.8, 4) is 22.9 Å². The molecule has 1 saturated heterocycles. The molecule has 1 aromatic carbocycles. The number of pyridine rings is 1. The third kappa shape index (κ3) is 6.59. The highest BCUT2D eigenvalue weighted by Gasteiger charge is 2.51. The highest BCUT2D eigenvalue weighted by atomic mass is 16.6. The minimum absolute atomic E-state index is 0.0460. The minimum Gasteiger partial charge on any atom is -0.496 e. The minimum atomic E-state index is -0.343. The summed E-state index contributed by atoms with van der Waals surface area (Å²) in [6.45, 7) is 7.88. The fourth-order valence-corrected chi connectivity index (χ4v) is 8.84. The maximum Gasteiger partial charge on any atom is 0.410 e. The molecule has 2 bridgehead atoms. The average molecular weight is 679 g/mol. The van der Waals surface area contributed by atoms with Crippen LogP contribution >= 0.6 is 0 Å². The number of likely N-dealkylation sites (tertiary alicyclic amines) is 1. The third-order valence-electron chi connectivity index (χ3n) is 12.3. The number of nitriles is 1. The smallest absolute Gasteiger partial charge is 0.410 e. The summed E-state index contributed by atoms with van der Waals surface area (Å²) in [4.78, 5) is 35.7. The van der Waals surface area contributed by atoms with E-state index in [4.69, 9.17) is 19.7 Å². The van der Waals surface area contributed by atoms with Crippen LogP contribution in [-0.2, 0) is 14.9 Å². The van der Waals surface area contributed by atoms with Gasteiger partial charge in [-0.05, 0) is 131 Å². The van der Waals surface area contributed by atoms with Crippen molar-refractivity contribution in [3.05, 3.63) is 60.0 Å². The Morgan fingerprint density at radius 2 is 1.74 bits per heavy atom. The molecule has 0 atom stereocenters. The van der Waals surface area contributed by atoms with Gasteiger partial charge in [-0.25, -0.2) is 9.78 Å². The molecule has 10 nitrogen and oxygen atoms in total. The number of ether oxygens (including phenoxy) is 2. The third-order valence-corrected chi connectivity index (χ3v) is 12.3. The summed E-state index contributed by atoms with van der Waals surface area (Å²) in [5, 5.41) is 13.6. The lowest BCUT2D eigenvalue weighted by Gasteiger charge is -2.55. The highest BCUT2D eigenvalue weighted by molar-refractivity contribution is 5.95. The molecule has 8 rings (SSSR count). The Hall–Kier alpha value is -4.39. The van der Waals surface area contributed by atoms with E-state index in [1.807, 2.05) is 28.0 Å². The van der Waals surface area contributed by atoms with Crippen molar-refractivity contribution in [1.82, 2.24) is 19.7 Å². The van der Waals surface area contributed by atoms with Crippen LogP contribution in [0.15, 0.2) is 48.9 Å². The quantitative estimate of drug-likeness (QED) is 0.229. The van der Waals surface area contributed by atoms with Crippen LogP contribution in [0, 0.1) is 35.5 Å². The number of anilines is 1. The van der Waals surface area contributed by atoms with Crippen LogP contribution in [0.3, 0.4) is 0 Å². The zero-order chi connectivity index (χ0) is 35.0. The van der Waals surface area contributed by atoms with E-state index in [9.17, 15) is 9.59 Å². The number of fused-ring (bicyclic) bond motifs is 3. The normalized spacial score (nSPS) is 26.3. The number of amides is 2. The van der Waals surface area contributed by atoms with E-state index in [0.717, 1.165) is 55.4 Å². The molecular formula is C40H50N6O4. The molecule has 50 heavy (non-hydrogen) atoms. The van der Waals surface area contributed by atoms with Crippen LogP contribution in [0.25, 0.3) is 11.1 Å². The number of methoxy groups -OCH3 is 1. The van der Waals surface area contributed by atoms with Crippen LogP contribution in [0.1, 0.15) is 95.2 Å². The Balaban J connectivity index is 1.09. The maximum absolute atomic E-state index is 14.6. The summed E-state index contributed by atoms with van der Waals surface area (Å²) in [5.74, 6) is 1.50. The van der Waals surface area contributed by atoms with Crippen LogP contribution < -0.4 is 9.64 Å². The maximum atomic E-state index is 14.6. The zero-order valence-electron chi connectivity index (χ0n) is 29.9. The number of hydrogen-bond acceptors (Lipinski definition) is 7. The van der Waals surface area contributed by atoms with Crippen molar-refractivity contribution < 1.29 is 19.1 Å². The number of hydrogen-bond donors (Lipinski definition) is 0. The molecule has 4 aliphatic carbocycles. The van der Waals surface area contributed by atoms with Crippen LogP contribution in [0.5, 0.6) is 5.75 Å². The van der Waals surface area contributed by atoms with E-state index in [2.05, 4.69) is 62.4 Å². The SMILES string of the molecule is COc1ccc(C23CCC(CN(C(=O)C4CCC(OC(=O)N5CC(C#N)C5)CC4)c4cc(-c5cnn(C(C)C)c5)ccn4)(CC2)CC3)cc1C. The summed E-state index contributed by atoms with van der Waals surface area (Å²) in [6.07, 6.45) is 14.4. The fraction of sp³-hybridized carbons (Fsp3) is 0.575. The lowest BCUT2D eigenvalue weighted by atomic mass is 9.51. The second-order valence-electron chi connectivity index (χ2n) is 15.7. The molecule has 4 saturated carbocycles. The number of carbonyl (C=O) groups is 2. The molecule has 2 aromatic heterocycles. The number of aromatic nitrogens is 3. The molecule has 5 fully saturated rings. The van der Waals surface area contributed by atoms with Crippen molar-refractivity contribution in [2.45, 2.75) is 103 Å². The molecule has 0 unspecified atom stereocenters. The first-order chi connectivity index (χ1) is 24.1. The molecule has 5 aliphatic rings. The zero-order valence-corrected chi connectivity index (χ0v) is 29.9. The number of aryl methyl sites for hydroxylation is 1. The van der Waals surface area contributed by atoms with E-state index in [0.29, 0.717) is 51.1 Å². The first kappa shape index (κ1) is 34.1. The van der Waals surface area contributed by atoms with Crippen molar-refractivity contribution in [2.75, 3.05) is 31.6 Å². The van der Waals surface area contributed by atoms with E-state index in [-0.39, 0.29) is 46.8 Å². The van der Waals surface area contributed by atoms with E-state index < -0.39 is 0 Å². The lowest BCUT2D eigenvalue weighted by molar-refractivity contribution is -0.124. The number of benzene rings is 1. The Bertz CT molecular complexity index is 1740. The summed E-state index contributed by atoms with van der Waals surface area (Å²) < 4.78 is 13.3. The predicted octanol–water partition coefficient (Wildman–Crippen LogP) is 7.62. The molecule has 264 valence electrons. The van der Waals surface area contributed by atoms with Crippen molar-refractivity contribution in [1.29, 1.82) is 5.26 Å². The van der Waals surface area contributed by atoms with Gasteiger partial charge in [0.25, 0.3) is 0 Å². The van der Waals surface area contributed by atoms with Gasteiger partial charge in [0.1, 0.15) is 17.7 Å². The van der Waals surface area contributed by atoms with E-state index >= 15 is 0 Å². The summed E-state index contributed by atoms with van der Waals surface area (Å²) in [7, 11) is 1.73. The van der Waals surface area contributed by atoms with Crippen molar-refractivity contribution in [3.63, 3.8) is 0 Å². The number of nitrogens with zero attached hydrogens (tertiary/aromatic N) is 6. The van der Waals surface area contributed by atoms with Crippen LogP contribution in [-0.4, -0.2) is 64.5 Å². The van der Waals surface area contributed by atoms with Gasteiger partial charge in [-0.15, -0.1) is 0 Å². The van der Waals surface area contributed by atoms with Gasteiger partial charge in [0.2, 0.25) is 5.91 Å². The second-order valence-corrected chi connectivity index (χ2v) is 15.7. The molecule has 0 N–H and O–H groups in total. The topological polar surface area (TPSA) is 114 Å². The standard InChI is InChI=1S/C40H50N6O4/c1-27(2)46-25-32(22-43-46)31-11-18-42-36(20-31)45(37(47)30-5-8-34(9-6-30)50-38(48)44-23-29(21-41)24-44)26-39-12-15-40(16-13-39,17-14-39)33-7-10-35(49-4)28(3)19-33/h7,10-11,18-20,22,25,27,29-30,34H,5-6,8-9,12-17,23-24,26H2,1-4H3. The van der Waals surface area contributed by atoms with E-state index in [1.54, 1.807) is 12.0 Å². The summed E-state index contributed by atoms with van der Waals surface area (Å²) >= 11 is 0. The van der Waals surface area contributed by atoms with Gasteiger partial charge < -0.3 is 14.4 Å². The second kappa shape index (κ2) is 13.7. The molecule has 3 aromatic rings. The molecule has 2 amide bonds. The van der Waals surface area contributed by atoms with Gasteiger partial charge in [-0.2, -0.15) is 10.4 Å². The molecule has 10 heteroatoms. The van der Waals surface area contributed by atoms with Gasteiger partial charge in [-0.1, -0.05) is 12.1 Å². The average Bonchev–Trinajstić information content (AvgIpc) is 3.62. The predicted molar refractivity (Wildman–Crippen MR) is 191 cm³/mol. The highest BCUT2D eigenvalue weighted by Crippen LogP contribution is 2.58. The monoisotopic (exact) mass is 678 g/mol. The molecule has 1 aliphatic heterocycles. The Morgan fingerprint density at radius 1 is 1.02 bits per heavy atom. The van der Waals surface area contributed by atoms with Crippen molar-refractivity contribution in [2.24, 2.45) is 17.3 Å². The van der Waals surface area contributed by atoms with Crippen LogP contribution in [0.2, 0.25) is 0 Å². The lowest BCUT2D eigenvalue weighted by Crippen LogP contribution is -2.52. The Labute approximate surface area is 295 Å². The molecular weight excluding hydrogens is 628 g/mol. The fourth-order valence-electron chi connectivity index (χ4n) is 8.84. The number of rotatable bonds is 9. The summed E-state index contributed by atoms with van der Waals surface area (Å²) in [6, 6.07) is 13.2. The van der Waals surface area contributed by atoms with E-state index in [1.165, 1.54) is 11.1 Å². The van der Waals surface area contributed by atoms with Gasteiger partial charge in [0.15, 0.2) is 0 Å². The largest absolute Gasteiger partial charge is 0.496 e. The Kier molecular flexibility index (Phi) is 9.36.